The maximum atomic E-state index is 7.38. The summed E-state index contributed by atoms with van der Waals surface area (Å²) in [4.78, 5) is 6.77. The molecule has 104 valence electrons. The number of nitrogens with two attached hydrogens (primary N) is 1. The molecular formula is C15H24N4. The first kappa shape index (κ1) is 13.8. The Morgan fingerprint density at radius 3 is 2.37 bits per heavy atom. The number of anilines is 1. The summed E-state index contributed by atoms with van der Waals surface area (Å²) in [5.74, 6) is 1.08. The van der Waals surface area contributed by atoms with Crippen LogP contribution in [0.5, 0.6) is 0 Å². The third kappa shape index (κ3) is 2.88. The second-order valence-corrected chi connectivity index (χ2v) is 5.51. The number of aromatic nitrogens is 1. The summed E-state index contributed by atoms with van der Waals surface area (Å²) in [5, 5.41) is 7.38. The Hall–Kier alpha value is -1.58. The van der Waals surface area contributed by atoms with Crippen molar-refractivity contribution in [2.45, 2.75) is 39.5 Å². The summed E-state index contributed by atoms with van der Waals surface area (Å²) < 4.78 is 0. The molecule has 1 aliphatic rings. The molecule has 0 spiro atoms. The third-order valence-corrected chi connectivity index (χ3v) is 4.71. The highest BCUT2D eigenvalue weighted by atomic mass is 15.2. The standard InChI is InChI=1S/C15H24N4/c1-3-15(4-2)7-9-19(10-8-15)13-6-5-12(11-18-13)14(16)17/h5-6,11H,3-4,7-10H2,1-2H3,(H3,16,17). The van der Waals surface area contributed by atoms with Crippen LogP contribution in [0.4, 0.5) is 5.82 Å². The minimum atomic E-state index is 0.0775. The topological polar surface area (TPSA) is 66.0 Å². The fourth-order valence-corrected chi connectivity index (χ4v) is 2.90. The quantitative estimate of drug-likeness (QED) is 0.646. The van der Waals surface area contributed by atoms with Gasteiger partial charge in [0.2, 0.25) is 0 Å². The molecule has 1 aromatic rings. The molecule has 1 aliphatic heterocycles. The van der Waals surface area contributed by atoms with Crippen LogP contribution in [0.15, 0.2) is 18.3 Å². The van der Waals surface area contributed by atoms with Gasteiger partial charge in [-0.1, -0.05) is 26.7 Å². The van der Waals surface area contributed by atoms with Crippen LogP contribution in [0.25, 0.3) is 0 Å². The fourth-order valence-electron chi connectivity index (χ4n) is 2.90. The molecule has 2 heterocycles. The van der Waals surface area contributed by atoms with Crippen LogP contribution in [0.3, 0.4) is 0 Å². The van der Waals surface area contributed by atoms with E-state index in [1.807, 2.05) is 12.1 Å². The van der Waals surface area contributed by atoms with Gasteiger partial charge in [0, 0.05) is 24.8 Å². The Bertz CT molecular complexity index is 424. The van der Waals surface area contributed by atoms with Gasteiger partial charge in [0.15, 0.2) is 0 Å². The second kappa shape index (κ2) is 5.59. The van der Waals surface area contributed by atoms with Crippen molar-refractivity contribution in [3.8, 4) is 0 Å². The molecular weight excluding hydrogens is 236 g/mol. The molecule has 2 rings (SSSR count). The fraction of sp³-hybridized carbons (Fsp3) is 0.600. The Balaban J connectivity index is 2.03. The lowest BCUT2D eigenvalue weighted by Crippen LogP contribution is -2.40. The van der Waals surface area contributed by atoms with Crippen molar-refractivity contribution in [2.24, 2.45) is 11.1 Å². The Kier molecular flexibility index (Phi) is 4.08. The van der Waals surface area contributed by atoms with E-state index in [4.69, 9.17) is 11.1 Å². The molecule has 0 saturated carbocycles. The van der Waals surface area contributed by atoms with Crippen molar-refractivity contribution in [3.63, 3.8) is 0 Å². The van der Waals surface area contributed by atoms with Gasteiger partial charge in [0.1, 0.15) is 11.7 Å². The lowest BCUT2D eigenvalue weighted by atomic mass is 9.74. The summed E-state index contributed by atoms with van der Waals surface area (Å²) in [6.45, 7) is 6.76. The molecule has 0 aromatic carbocycles. The van der Waals surface area contributed by atoms with E-state index < -0.39 is 0 Å². The summed E-state index contributed by atoms with van der Waals surface area (Å²) in [6.07, 6.45) is 6.73. The first-order valence-corrected chi connectivity index (χ1v) is 7.15. The lowest BCUT2D eigenvalue weighted by Gasteiger charge is -2.41. The number of pyridine rings is 1. The zero-order valence-electron chi connectivity index (χ0n) is 11.9. The number of piperidine rings is 1. The van der Waals surface area contributed by atoms with Gasteiger partial charge in [-0.15, -0.1) is 0 Å². The van der Waals surface area contributed by atoms with Gasteiger partial charge in [0.05, 0.1) is 0 Å². The highest BCUT2D eigenvalue weighted by Gasteiger charge is 2.31. The lowest BCUT2D eigenvalue weighted by molar-refractivity contribution is 0.199. The number of nitrogens with zero attached hydrogens (tertiary/aromatic N) is 2. The van der Waals surface area contributed by atoms with Gasteiger partial charge in [0.25, 0.3) is 0 Å². The average molecular weight is 260 g/mol. The SMILES string of the molecule is CCC1(CC)CCN(c2ccc(C(=N)N)cn2)CC1. The normalized spacial score (nSPS) is 18.3. The van der Waals surface area contributed by atoms with Crippen molar-refractivity contribution in [1.82, 2.24) is 4.98 Å². The molecule has 0 bridgehead atoms. The highest BCUT2D eigenvalue weighted by Crippen LogP contribution is 2.38. The predicted octanol–water partition coefficient (Wildman–Crippen LogP) is 2.77. The van der Waals surface area contributed by atoms with Crippen LogP contribution in [0, 0.1) is 10.8 Å². The number of hydrogen-bond donors (Lipinski definition) is 2. The Morgan fingerprint density at radius 2 is 1.95 bits per heavy atom. The molecule has 1 saturated heterocycles. The number of hydrogen-bond acceptors (Lipinski definition) is 3. The summed E-state index contributed by atoms with van der Waals surface area (Å²) in [6, 6.07) is 3.85. The van der Waals surface area contributed by atoms with Crippen LogP contribution >= 0.6 is 0 Å². The summed E-state index contributed by atoms with van der Waals surface area (Å²) >= 11 is 0. The smallest absolute Gasteiger partial charge is 0.128 e. The van der Waals surface area contributed by atoms with E-state index in [0.29, 0.717) is 11.0 Å². The molecule has 0 amide bonds. The van der Waals surface area contributed by atoms with Crippen LogP contribution in [0.1, 0.15) is 45.1 Å². The van der Waals surface area contributed by atoms with Gasteiger partial charge >= 0.3 is 0 Å². The van der Waals surface area contributed by atoms with Crippen molar-refractivity contribution in [2.75, 3.05) is 18.0 Å². The summed E-state index contributed by atoms with van der Waals surface area (Å²) in [7, 11) is 0. The van der Waals surface area contributed by atoms with E-state index in [9.17, 15) is 0 Å². The van der Waals surface area contributed by atoms with Gasteiger partial charge < -0.3 is 10.6 Å². The molecule has 0 atom stereocenters. The zero-order valence-corrected chi connectivity index (χ0v) is 11.9. The second-order valence-electron chi connectivity index (χ2n) is 5.51. The molecule has 0 unspecified atom stereocenters. The first-order valence-electron chi connectivity index (χ1n) is 7.15. The Morgan fingerprint density at radius 1 is 1.32 bits per heavy atom. The van der Waals surface area contributed by atoms with Gasteiger partial charge in [-0.25, -0.2) is 4.98 Å². The monoisotopic (exact) mass is 260 g/mol. The van der Waals surface area contributed by atoms with Crippen LogP contribution in [0.2, 0.25) is 0 Å². The molecule has 0 aliphatic carbocycles. The minimum Gasteiger partial charge on any atom is -0.384 e. The van der Waals surface area contributed by atoms with E-state index in [2.05, 4.69) is 23.7 Å². The first-order chi connectivity index (χ1) is 9.10. The van der Waals surface area contributed by atoms with E-state index in [0.717, 1.165) is 18.9 Å². The van der Waals surface area contributed by atoms with Gasteiger partial charge in [-0.3, -0.25) is 5.41 Å². The molecule has 19 heavy (non-hydrogen) atoms. The molecule has 3 N–H and O–H groups in total. The largest absolute Gasteiger partial charge is 0.384 e. The van der Waals surface area contributed by atoms with E-state index in [1.54, 1.807) is 6.20 Å². The van der Waals surface area contributed by atoms with Crippen LogP contribution in [-0.4, -0.2) is 23.9 Å². The maximum Gasteiger partial charge on any atom is 0.128 e. The van der Waals surface area contributed by atoms with Crippen molar-refractivity contribution in [3.05, 3.63) is 23.9 Å². The van der Waals surface area contributed by atoms with Crippen molar-refractivity contribution < 1.29 is 0 Å². The third-order valence-electron chi connectivity index (χ3n) is 4.71. The Labute approximate surface area is 115 Å². The van der Waals surface area contributed by atoms with Crippen molar-refractivity contribution in [1.29, 1.82) is 5.41 Å². The summed E-state index contributed by atoms with van der Waals surface area (Å²) in [5.41, 5.74) is 6.67. The predicted molar refractivity (Wildman–Crippen MR) is 79.7 cm³/mol. The van der Waals surface area contributed by atoms with Gasteiger partial charge in [-0.05, 0) is 30.4 Å². The van der Waals surface area contributed by atoms with Crippen LogP contribution < -0.4 is 10.6 Å². The number of nitrogen functional groups attached to an aromatic ring is 1. The molecule has 0 radical (unpaired) electrons. The van der Waals surface area contributed by atoms with Crippen LogP contribution in [-0.2, 0) is 0 Å². The molecule has 4 heteroatoms. The maximum absolute atomic E-state index is 7.38. The minimum absolute atomic E-state index is 0.0775. The number of nitrogens with one attached hydrogen (secondary N) is 1. The molecule has 4 nitrogen and oxygen atoms in total. The van der Waals surface area contributed by atoms with Gasteiger partial charge in [-0.2, -0.15) is 0 Å². The highest BCUT2D eigenvalue weighted by molar-refractivity contribution is 5.94. The zero-order chi connectivity index (χ0) is 13.9. The van der Waals surface area contributed by atoms with Crippen molar-refractivity contribution >= 4 is 11.7 Å². The molecule has 1 aromatic heterocycles. The van der Waals surface area contributed by atoms with E-state index >= 15 is 0 Å². The van der Waals surface area contributed by atoms with E-state index in [-0.39, 0.29) is 5.84 Å². The van der Waals surface area contributed by atoms with E-state index in [1.165, 1.54) is 25.7 Å². The average Bonchev–Trinajstić information content (AvgIpc) is 2.47. The molecule has 1 fully saturated rings. The number of rotatable bonds is 4. The number of amidine groups is 1.